The molecule has 0 aromatic heterocycles. The van der Waals surface area contributed by atoms with Gasteiger partial charge in [0.15, 0.2) is 0 Å². The second-order valence-corrected chi connectivity index (χ2v) is 40.2. The van der Waals surface area contributed by atoms with E-state index in [9.17, 15) is 0 Å². The topological polar surface area (TPSA) is 12.4 Å². The van der Waals surface area contributed by atoms with E-state index in [1.807, 2.05) is 24.3 Å². The first kappa shape index (κ1) is 24.4. The summed E-state index contributed by atoms with van der Waals surface area (Å²) in [4.78, 5) is 0. The molecule has 0 heterocycles. The summed E-state index contributed by atoms with van der Waals surface area (Å²) in [6.45, 7) is 0. The van der Waals surface area contributed by atoms with E-state index in [0.29, 0.717) is 0 Å². The Morgan fingerprint density at radius 3 is 1.23 bits per heavy atom. The number of rotatable bonds is 4. The Morgan fingerprint density at radius 2 is 0.900 bits per heavy atom. The van der Waals surface area contributed by atoms with Crippen molar-refractivity contribution in [3.63, 3.8) is 0 Å². The summed E-state index contributed by atoms with van der Waals surface area (Å²) in [5.41, 5.74) is 0.935. The van der Waals surface area contributed by atoms with Crippen LogP contribution < -0.4 is 15.9 Å². The van der Waals surface area contributed by atoms with Crippen LogP contribution in [0.5, 0.6) is 0 Å². The molecule has 0 aliphatic rings. The maximum absolute atomic E-state index is 6.10. The van der Waals surface area contributed by atoms with Gasteiger partial charge in [-0.3, -0.25) is 4.74 Å². The van der Waals surface area contributed by atoms with Crippen LogP contribution in [0.25, 0.3) is 0 Å². The van der Waals surface area contributed by atoms with Gasteiger partial charge >= 0.3 is 51.2 Å². The number of nitrogens with zero attached hydrogens (tertiary/aromatic N) is 1. The number of hydrogen-bond acceptors (Lipinski definition) is 1. The predicted molar refractivity (Wildman–Crippen MR) is 147 cm³/mol. The van der Waals surface area contributed by atoms with Crippen LogP contribution in [0, 0.1) is 0 Å². The molecule has 0 saturated heterocycles. The van der Waals surface area contributed by atoms with E-state index < -0.39 is 7.05 Å². The SMILES string of the molecule is Clc1ccc(N=P(c2ccccc2)(c2ccccc2)c2ccccc2)cc1.[I][Cd][I]. The first-order chi connectivity index (χ1) is 14.7. The first-order valence-electron chi connectivity index (χ1n) is 9.37. The molecule has 0 N–H and O–H groups in total. The summed E-state index contributed by atoms with van der Waals surface area (Å²) in [5, 5.41) is 4.42. The molecule has 0 aliphatic heterocycles. The van der Waals surface area contributed by atoms with Crippen LogP contribution in [0.4, 0.5) is 5.69 Å². The van der Waals surface area contributed by atoms with Gasteiger partial charge in [-0.1, -0.05) is 103 Å². The molecule has 1 nitrogen and oxygen atoms in total. The van der Waals surface area contributed by atoms with Crippen molar-refractivity contribution in [1.29, 1.82) is 0 Å². The van der Waals surface area contributed by atoms with Crippen LogP contribution in [0.1, 0.15) is 0 Å². The minimum absolute atomic E-state index is 0.0700. The predicted octanol–water partition coefficient (Wildman–Crippen LogP) is 7.92. The fraction of sp³-hybridized carbons (Fsp3) is 0. The van der Waals surface area contributed by atoms with E-state index >= 15 is 0 Å². The fourth-order valence-corrected chi connectivity index (χ4v) is 6.89. The average molecular weight is 754 g/mol. The van der Waals surface area contributed by atoms with E-state index in [1.165, 1.54) is 15.9 Å². The molecule has 4 aromatic carbocycles. The van der Waals surface area contributed by atoms with Gasteiger partial charge in [-0.2, -0.15) is 0 Å². The zero-order valence-electron chi connectivity index (χ0n) is 16.2. The van der Waals surface area contributed by atoms with Crippen molar-refractivity contribution < 1.29 is 15.6 Å². The Bertz CT molecular complexity index is 989. The summed E-state index contributed by atoms with van der Waals surface area (Å²) in [7, 11) is -2.21. The molecule has 0 saturated carbocycles. The Labute approximate surface area is 213 Å². The van der Waals surface area contributed by atoms with Gasteiger partial charge in [0.1, 0.15) is 0 Å². The van der Waals surface area contributed by atoms with E-state index in [1.54, 1.807) is 0 Å². The summed E-state index contributed by atoms with van der Waals surface area (Å²) in [5.74, 6) is 0. The summed E-state index contributed by atoms with van der Waals surface area (Å²) in [6, 6.07) is 39.6. The summed E-state index contributed by atoms with van der Waals surface area (Å²) >= 11 is 11.0. The van der Waals surface area contributed by atoms with Gasteiger partial charge in [0.2, 0.25) is 0 Å². The first-order valence-corrected chi connectivity index (χ1v) is 35.0. The molecule has 148 valence electrons. The van der Waals surface area contributed by atoms with Crippen molar-refractivity contribution >= 4 is 75.8 Å². The Hall–Kier alpha value is -0.218. The zero-order chi connectivity index (χ0) is 21.2. The standard InChI is InChI=1S/C24H19ClNP.Cd.2HI/c25-20-16-18-21(19-17-20)26-27(22-10-4-1-5-11-22,23-12-6-2-7-13-23)24-14-8-3-9-15-24;;;/h1-19H;;2*1H/q;+2;;/p-2. The monoisotopic (exact) mass is 755 g/mol. The Kier molecular flexibility index (Phi) is 10.4. The van der Waals surface area contributed by atoms with Crippen LogP contribution in [0.3, 0.4) is 0 Å². The summed E-state index contributed by atoms with van der Waals surface area (Å²) < 4.78 is 5.39. The number of benzene rings is 4. The molecular weight excluding hydrogens is 735 g/mol. The van der Waals surface area contributed by atoms with Gasteiger partial charge < -0.3 is 0 Å². The second-order valence-electron chi connectivity index (χ2n) is 6.32. The van der Waals surface area contributed by atoms with E-state index in [2.05, 4.69) is 127 Å². The Balaban J connectivity index is 0.000000806. The molecule has 0 aliphatic carbocycles. The van der Waals surface area contributed by atoms with Crippen LogP contribution in [0.15, 0.2) is 120 Å². The molecule has 0 spiro atoms. The minimum atomic E-state index is -2.21. The van der Waals surface area contributed by atoms with Gasteiger partial charge in [-0.05, 0) is 24.3 Å². The van der Waals surface area contributed by atoms with Gasteiger partial charge in [-0.15, -0.1) is 0 Å². The van der Waals surface area contributed by atoms with Crippen LogP contribution in [0.2, 0.25) is 5.02 Å². The molecule has 0 bridgehead atoms. The third-order valence-corrected chi connectivity index (χ3v) is 8.40. The van der Waals surface area contributed by atoms with Crippen molar-refractivity contribution in [1.82, 2.24) is 0 Å². The van der Waals surface area contributed by atoms with Crippen LogP contribution in [-0.4, -0.2) is 0 Å². The quantitative estimate of drug-likeness (QED) is 0.114. The van der Waals surface area contributed by atoms with Gasteiger partial charge in [0, 0.05) is 20.9 Å². The van der Waals surface area contributed by atoms with Crippen molar-refractivity contribution in [2.24, 2.45) is 4.74 Å². The van der Waals surface area contributed by atoms with Crippen molar-refractivity contribution in [3.05, 3.63) is 120 Å². The third kappa shape index (κ3) is 6.18. The molecule has 0 fully saturated rings. The molecule has 0 amide bonds. The van der Waals surface area contributed by atoms with Gasteiger partial charge in [0.05, 0.1) is 12.7 Å². The van der Waals surface area contributed by atoms with Gasteiger partial charge in [0.25, 0.3) is 0 Å². The van der Waals surface area contributed by atoms with Crippen molar-refractivity contribution in [2.75, 3.05) is 0 Å². The van der Waals surface area contributed by atoms with Crippen LogP contribution in [-0.2, 0) is 15.6 Å². The zero-order valence-corrected chi connectivity index (χ0v) is 26.2. The Morgan fingerprint density at radius 1 is 0.567 bits per heavy atom. The van der Waals surface area contributed by atoms with E-state index in [-0.39, 0.29) is 15.6 Å². The molecular formula is C24H19CdClI2NP. The third-order valence-electron chi connectivity index (χ3n) is 4.48. The normalized spacial score (nSPS) is 10.4. The number of hydrogen-bond donors (Lipinski definition) is 0. The molecule has 6 heteroatoms. The number of halogens is 3. The second kappa shape index (κ2) is 12.7. The average Bonchev–Trinajstić information content (AvgIpc) is 2.81. The molecule has 0 radical (unpaired) electrons. The molecule has 4 rings (SSSR count). The molecule has 4 aromatic rings. The van der Waals surface area contributed by atoms with E-state index in [4.69, 9.17) is 16.3 Å². The van der Waals surface area contributed by atoms with Crippen molar-refractivity contribution in [3.8, 4) is 0 Å². The van der Waals surface area contributed by atoms with Gasteiger partial charge in [-0.25, -0.2) is 0 Å². The van der Waals surface area contributed by atoms with Crippen molar-refractivity contribution in [2.45, 2.75) is 0 Å². The summed E-state index contributed by atoms with van der Waals surface area (Å²) in [6.07, 6.45) is 0. The maximum atomic E-state index is 6.10. The molecule has 0 atom stereocenters. The molecule has 0 unspecified atom stereocenters. The van der Waals surface area contributed by atoms with E-state index in [0.717, 1.165) is 10.7 Å². The molecule has 30 heavy (non-hydrogen) atoms. The van der Waals surface area contributed by atoms with Crippen LogP contribution >= 0.6 is 54.2 Å². The fourth-order valence-electron chi connectivity index (χ4n) is 3.23.